The van der Waals surface area contributed by atoms with Crippen molar-refractivity contribution in [3.05, 3.63) is 141 Å². The van der Waals surface area contributed by atoms with Crippen molar-refractivity contribution < 1.29 is 0 Å². The van der Waals surface area contributed by atoms with E-state index in [9.17, 15) is 0 Å². The second-order valence-corrected chi connectivity index (χ2v) is 20.4. The highest BCUT2D eigenvalue weighted by Crippen LogP contribution is 2.39. The van der Waals surface area contributed by atoms with Gasteiger partial charge in [-0.15, -0.1) is 0 Å². The number of rotatable bonds is 25. The average Bonchev–Trinajstić information content (AvgIpc) is 3.83. The fourth-order valence-electron chi connectivity index (χ4n) is 10.4. The van der Waals surface area contributed by atoms with Crippen LogP contribution in [0.3, 0.4) is 0 Å². The molecule has 0 unspecified atom stereocenters. The first-order valence-electron chi connectivity index (χ1n) is 25.2. The monoisotopic (exact) mass is 976 g/mol. The van der Waals surface area contributed by atoms with E-state index < -0.39 is 0 Å². The van der Waals surface area contributed by atoms with E-state index in [2.05, 4.69) is 176 Å². The largest absolute Gasteiger partial charge is 0.309 e. The molecule has 0 aliphatic heterocycles. The number of para-hydroxylation sites is 2. The molecular formula is C60H70Br2N2. The summed E-state index contributed by atoms with van der Waals surface area (Å²) in [5, 5.41) is 5.28. The van der Waals surface area contributed by atoms with Crippen LogP contribution in [0.1, 0.15) is 153 Å². The molecule has 0 fully saturated rings. The zero-order valence-corrected chi connectivity index (χ0v) is 41.9. The molecule has 0 N–H and O–H groups in total. The van der Waals surface area contributed by atoms with Crippen LogP contribution in [-0.4, -0.2) is 9.13 Å². The van der Waals surface area contributed by atoms with Crippen LogP contribution in [0.25, 0.3) is 66.1 Å². The first-order valence-corrected chi connectivity index (χ1v) is 26.8. The van der Waals surface area contributed by atoms with Crippen LogP contribution in [0.2, 0.25) is 0 Å². The van der Waals surface area contributed by atoms with Gasteiger partial charge < -0.3 is 9.13 Å². The maximum atomic E-state index is 3.79. The molecule has 0 aliphatic rings. The highest BCUT2D eigenvalue weighted by atomic mass is 79.9. The maximum absolute atomic E-state index is 3.79. The summed E-state index contributed by atoms with van der Waals surface area (Å²) in [6, 6.07) is 46.0. The lowest BCUT2D eigenvalue weighted by molar-refractivity contribution is 0.556. The number of aromatic nitrogens is 2. The molecule has 2 aromatic heterocycles. The topological polar surface area (TPSA) is 9.86 Å². The Balaban J connectivity index is 1.00. The van der Waals surface area contributed by atoms with Gasteiger partial charge in [0.1, 0.15) is 0 Å². The Kier molecular flexibility index (Phi) is 16.9. The van der Waals surface area contributed by atoms with Crippen molar-refractivity contribution in [1.82, 2.24) is 9.13 Å². The Morgan fingerprint density at radius 1 is 0.344 bits per heavy atom. The van der Waals surface area contributed by atoms with E-state index in [1.807, 2.05) is 0 Å². The lowest BCUT2D eigenvalue weighted by atomic mass is 10.0. The van der Waals surface area contributed by atoms with Crippen molar-refractivity contribution in [2.24, 2.45) is 0 Å². The zero-order chi connectivity index (χ0) is 44.1. The summed E-state index contributed by atoms with van der Waals surface area (Å²) in [7, 11) is 0. The van der Waals surface area contributed by atoms with Crippen molar-refractivity contribution in [2.45, 2.75) is 155 Å². The van der Waals surface area contributed by atoms with Crippen LogP contribution in [0.15, 0.2) is 130 Å². The molecule has 2 nitrogen and oxygen atoms in total. The highest BCUT2D eigenvalue weighted by molar-refractivity contribution is 9.10. The van der Waals surface area contributed by atoms with Crippen LogP contribution in [0, 0.1) is 0 Å². The minimum absolute atomic E-state index is 1.11. The number of benzene rings is 6. The van der Waals surface area contributed by atoms with Gasteiger partial charge in [0.15, 0.2) is 0 Å². The fraction of sp³-hybridized carbons (Fsp3) is 0.400. The van der Waals surface area contributed by atoms with Gasteiger partial charge in [-0.2, -0.15) is 0 Å². The molecule has 0 bridgehead atoms. The summed E-state index contributed by atoms with van der Waals surface area (Å²) in [6.07, 6.45) is 29.4. The molecular weight excluding hydrogens is 908 g/mol. The van der Waals surface area contributed by atoms with Crippen molar-refractivity contribution in [2.75, 3.05) is 0 Å². The van der Waals surface area contributed by atoms with E-state index in [1.165, 1.54) is 206 Å². The molecule has 0 radical (unpaired) electrons. The predicted molar refractivity (Wildman–Crippen MR) is 287 cm³/mol. The average molecular weight is 979 g/mol. The molecule has 0 aliphatic carbocycles. The number of unbranched alkanes of at least 4 members (excludes halogenated alkanes) is 18. The standard InChI is InChI=1S/C60H70Br2N2/c1-3-5-7-9-11-13-15-17-19-21-25-47-27-23-29-53-55-43-49(61)35-41-57(55)63(59(47)53)51-37-31-45(32-38-51)46-33-39-52(40-34-46)64-58-42-36-50(62)44-56(58)54-30-24-28-48(60(54)64)26-22-20-18-16-14-12-10-8-6-4-2/h23-24,27-44H,3-22,25-26H2,1-2H3. The lowest BCUT2D eigenvalue weighted by Crippen LogP contribution is -1.98. The Hall–Kier alpha value is -4.12. The van der Waals surface area contributed by atoms with Gasteiger partial charge in [0.25, 0.3) is 0 Å². The van der Waals surface area contributed by atoms with Crippen LogP contribution in [0.4, 0.5) is 0 Å². The van der Waals surface area contributed by atoms with Crippen molar-refractivity contribution in [1.29, 1.82) is 0 Å². The van der Waals surface area contributed by atoms with Gasteiger partial charge >= 0.3 is 0 Å². The van der Waals surface area contributed by atoms with Crippen LogP contribution in [0.5, 0.6) is 0 Å². The number of hydrogen-bond acceptors (Lipinski definition) is 0. The van der Waals surface area contributed by atoms with Crippen molar-refractivity contribution in [3.63, 3.8) is 0 Å². The Bertz CT molecular complexity index is 2530. The molecule has 4 heteroatoms. The molecule has 0 atom stereocenters. The van der Waals surface area contributed by atoms with Gasteiger partial charge in [-0.05, 0) is 109 Å². The fourth-order valence-corrected chi connectivity index (χ4v) is 11.1. The molecule has 0 amide bonds. The molecule has 2 heterocycles. The minimum atomic E-state index is 1.11. The third-order valence-electron chi connectivity index (χ3n) is 13.8. The van der Waals surface area contributed by atoms with Gasteiger partial charge in [-0.25, -0.2) is 0 Å². The summed E-state index contributed by atoms with van der Waals surface area (Å²) in [4.78, 5) is 0. The SMILES string of the molecule is CCCCCCCCCCCCc1cccc2c3cc(Br)ccc3n(-c3ccc(-c4ccc(-n5c6ccc(Br)cc6c6cccc(CCCCCCCCCCCC)c65)cc4)cc3)c12. The van der Waals surface area contributed by atoms with Crippen LogP contribution < -0.4 is 0 Å². The second-order valence-electron chi connectivity index (χ2n) is 18.6. The number of halogens is 2. The molecule has 0 spiro atoms. The molecule has 0 saturated heterocycles. The van der Waals surface area contributed by atoms with Gasteiger partial charge in [-0.3, -0.25) is 0 Å². The number of fused-ring (bicyclic) bond motifs is 6. The summed E-state index contributed by atoms with van der Waals surface area (Å²) < 4.78 is 7.28. The molecule has 8 aromatic rings. The van der Waals surface area contributed by atoms with Crippen molar-refractivity contribution in [3.8, 4) is 22.5 Å². The van der Waals surface area contributed by atoms with Gasteiger partial charge in [0, 0.05) is 41.9 Å². The summed E-state index contributed by atoms with van der Waals surface area (Å²) in [6.45, 7) is 4.60. The highest BCUT2D eigenvalue weighted by Gasteiger charge is 2.18. The molecule has 8 rings (SSSR count). The predicted octanol–water partition coefficient (Wildman–Crippen LogP) is 20.0. The zero-order valence-electron chi connectivity index (χ0n) is 38.8. The van der Waals surface area contributed by atoms with E-state index in [1.54, 1.807) is 0 Å². The smallest absolute Gasteiger partial charge is 0.0573 e. The van der Waals surface area contributed by atoms with E-state index in [0.717, 1.165) is 21.8 Å². The minimum Gasteiger partial charge on any atom is -0.309 e. The van der Waals surface area contributed by atoms with E-state index in [0.29, 0.717) is 0 Å². The Morgan fingerprint density at radius 2 is 0.688 bits per heavy atom. The quantitative estimate of drug-likeness (QED) is 0.0505. The lowest BCUT2D eigenvalue weighted by Gasteiger charge is -2.14. The first kappa shape index (κ1) is 46.4. The number of nitrogens with zero attached hydrogens (tertiary/aromatic N) is 2. The number of hydrogen-bond donors (Lipinski definition) is 0. The van der Waals surface area contributed by atoms with Gasteiger partial charge in [0.05, 0.1) is 22.1 Å². The Morgan fingerprint density at radius 3 is 1.05 bits per heavy atom. The first-order chi connectivity index (χ1) is 31.6. The van der Waals surface area contributed by atoms with E-state index in [-0.39, 0.29) is 0 Å². The Labute approximate surface area is 401 Å². The van der Waals surface area contributed by atoms with E-state index >= 15 is 0 Å². The van der Waals surface area contributed by atoms with Crippen LogP contribution >= 0.6 is 31.9 Å². The third-order valence-corrected chi connectivity index (χ3v) is 14.8. The molecule has 0 saturated carbocycles. The number of aryl methyl sites for hydroxylation is 2. The summed E-state index contributed by atoms with van der Waals surface area (Å²) in [5.74, 6) is 0. The molecule has 6 aromatic carbocycles. The maximum Gasteiger partial charge on any atom is 0.0573 e. The van der Waals surface area contributed by atoms with Crippen LogP contribution in [-0.2, 0) is 12.8 Å². The third kappa shape index (κ3) is 11.1. The van der Waals surface area contributed by atoms with E-state index in [4.69, 9.17) is 0 Å². The molecule has 64 heavy (non-hydrogen) atoms. The second kappa shape index (κ2) is 23.4. The molecule has 334 valence electrons. The van der Waals surface area contributed by atoms with Gasteiger partial charge in [-0.1, -0.05) is 222 Å². The summed E-state index contributed by atoms with van der Waals surface area (Å²) >= 11 is 7.58. The van der Waals surface area contributed by atoms with Gasteiger partial charge in [0.2, 0.25) is 0 Å². The normalized spacial score (nSPS) is 11.9. The van der Waals surface area contributed by atoms with Crippen molar-refractivity contribution >= 4 is 75.5 Å². The summed E-state index contributed by atoms with van der Waals surface area (Å²) in [5.41, 5.74) is 13.0.